The van der Waals surface area contributed by atoms with Crippen LogP contribution in [-0.2, 0) is 11.3 Å². The van der Waals surface area contributed by atoms with Gasteiger partial charge in [-0.05, 0) is 41.0 Å². The molecule has 0 unspecified atom stereocenters. The maximum Gasteiger partial charge on any atom is 0.338 e. The van der Waals surface area contributed by atoms with Crippen LogP contribution in [-0.4, -0.2) is 13.1 Å². The van der Waals surface area contributed by atoms with Gasteiger partial charge in [-0.2, -0.15) is 0 Å². The Balaban J connectivity index is 1.76. The van der Waals surface area contributed by atoms with Crippen LogP contribution in [0.4, 0.5) is 10.1 Å². The first-order valence-corrected chi connectivity index (χ1v) is 7.93. The Bertz CT molecular complexity index is 875. The predicted octanol–water partition coefficient (Wildman–Crippen LogP) is 4.89. The van der Waals surface area contributed by atoms with Gasteiger partial charge in [0.05, 0.1) is 12.7 Å². The van der Waals surface area contributed by atoms with E-state index in [2.05, 4.69) is 5.32 Å². The van der Waals surface area contributed by atoms with E-state index in [1.165, 1.54) is 19.2 Å². The zero-order valence-corrected chi connectivity index (χ0v) is 13.8. The van der Waals surface area contributed by atoms with Gasteiger partial charge < -0.3 is 10.1 Å². The first-order chi connectivity index (χ1) is 12.2. The van der Waals surface area contributed by atoms with Crippen molar-refractivity contribution in [1.82, 2.24) is 0 Å². The molecule has 0 heterocycles. The molecular formula is C21H18FNO2. The van der Waals surface area contributed by atoms with Gasteiger partial charge in [-0.15, -0.1) is 0 Å². The molecule has 0 bridgehead atoms. The third kappa shape index (κ3) is 4.04. The molecule has 3 nitrogen and oxygen atoms in total. The van der Waals surface area contributed by atoms with Crippen molar-refractivity contribution >= 4 is 11.7 Å². The minimum absolute atomic E-state index is 0.264. The number of nitrogens with one attached hydrogen (secondary N) is 1. The van der Waals surface area contributed by atoms with Gasteiger partial charge in [-0.25, -0.2) is 9.18 Å². The topological polar surface area (TPSA) is 38.3 Å². The summed E-state index contributed by atoms with van der Waals surface area (Å²) in [6.45, 7) is 0.586. The molecule has 126 valence electrons. The van der Waals surface area contributed by atoms with Crippen LogP contribution in [0.3, 0.4) is 0 Å². The van der Waals surface area contributed by atoms with Crippen LogP contribution in [0.5, 0.6) is 0 Å². The van der Waals surface area contributed by atoms with E-state index in [0.717, 1.165) is 22.4 Å². The highest BCUT2D eigenvalue weighted by Crippen LogP contribution is 2.25. The predicted molar refractivity (Wildman–Crippen MR) is 96.9 cm³/mol. The molecule has 0 amide bonds. The number of benzene rings is 3. The Labute approximate surface area is 146 Å². The number of hydrogen-bond donors (Lipinski definition) is 1. The fraction of sp³-hybridized carbons (Fsp3) is 0.0952. The SMILES string of the molecule is COC(=O)c1ccccc1-c1ccc(CNc2cccc(F)c2)cc1. The summed E-state index contributed by atoms with van der Waals surface area (Å²) in [4.78, 5) is 11.9. The molecule has 0 atom stereocenters. The molecule has 0 fully saturated rings. The largest absolute Gasteiger partial charge is 0.465 e. The average Bonchev–Trinajstić information content (AvgIpc) is 2.66. The zero-order valence-electron chi connectivity index (χ0n) is 13.8. The van der Waals surface area contributed by atoms with E-state index in [-0.39, 0.29) is 11.8 Å². The molecule has 25 heavy (non-hydrogen) atoms. The van der Waals surface area contributed by atoms with Crippen LogP contribution in [0.2, 0.25) is 0 Å². The lowest BCUT2D eigenvalue weighted by atomic mass is 9.98. The maximum absolute atomic E-state index is 13.2. The van der Waals surface area contributed by atoms with E-state index in [1.54, 1.807) is 12.1 Å². The molecule has 0 aliphatic carbocycles. The fourth-order valence-corrected chi connectivity index (χ4v) is 2.63. The molecule has 3 rings (SSSR count). The number of ether oxygens (including phenoxy) is 1. The first-order valence-electron chi connectivity index (χ1n) is 7.93. The minimum Gasteiger partial charge on any atom is -0.465 e. The fourth-order valence-electron chi connectivity index (χ4n) is 2.63. The van der Waals surface area contributed by atoms with Crippen LogP contribution in [0.25, 0.3) is 11.1 Å². The van der Waals surface area contributed by atoms with Crippen molar-refractivity contribution in [1.29, 1.82) is 0 Å². The molecule has 1 N–H and O–H groups in total. The van der Waals surface area contributed by atoms with E-state index in [4.69, 9.17) is 4.74 Å². The van der Waals surface area contributed by atoms with Crippen molar-refractivity contribution in [3.63, 3.8) is 0 Å². The lowest BCUT2D eigenvalue weighted by Crippen LogP contribution is -2.03. The highest BCUT2D eigenvalue weighted by molar-refractivity contribution is 5.97. The van der Waals surface area contributed by atoms with Gasteiger partial charge >= 0.3 is 5.97 Å². The van der Waals surface area contributed by atoms with E-state index < -0.39 is 0 Å². The number of hydrogen-bond acceptors (Lipinski definition) is 3. The maximum atomic E-state index is 13.2. The molecule has 3 aromatic rings. The van der Waals surface area contributed by atoms with Crippen molar-refractivity contribution in [3.05, 3.63) is 89.7 Å². The molecule has 4 heteroatoms. The second-order valence-electron chi connectivity index (χ2n) is 5.60. The molecule has 0 spiro atoms. The molecule has 0 aliphatic heterocycles. The van der Waals surface area contributed by atoms with E-state index >= 15 is 0 Å². The Morgan fingerprint density at radius 3 is 2.48 bits per heavy atom. The standard InChI is InChI=1S/C21H18FNO2/c1-25-21(24)20-8-3-2-7-19(20)16-11-9-15(10-12-16)14-23-18-6-4-5-17(22)13-18/h2-13,23H,14H2,1H3. The highest BCUT2D eigenvalue weighted by atomic mass is 19.1. The number of esters is 1. The van der Waals surface area contributed by atoms with Crippen LogP contribution < -0.4 is 5.32 Å². The lowest BCUT2D eigenvalue weighted by molar-refractivity contribution is 0.0601. The molecule has 3 aromatic carbocycles. The third-order valence-corrected chi connectivity index (χ3v) is 3.92. The lowest BCUT2D eigenvalue weighted by Gasteiger charge is -2.10. The monoisotopic (exact) mass is 335 g/mol. The Kier molecular flexibility index (Phi) is 5.09. The smallest absolute Gasteiger partial charge is 0.338 e. The number of rotatable bonds is 5. The van der Waals surface area contributed by atoms with Gasteiger partial charge in [-0.3, -0.25) is 0 Å². The first kappa shape index (κ1) is 16.7. The van der Waals surface area contributed by atoms with Crippen molar-refractivity contribution in [3.8, 4) is 11.1 Å². The molecule has 0 aliphatic rings. The molecular weight excluding hydrogens is 317 g/mol. The summed E-state index contributed by atoms with van der Waals surface area (Å²) < 4.78 is 18.0. The summed E-state index contributed by atoms with van der Waals surface area (Å²) in [6.07, 6.45) is 0. The highest BCUT2D eigenvalue weighted by Gasteiger charge is 2.12. The summed E-state index contributed by atoms with van der Waals surface area (Å²) in [5.41, 5.74) is 4.11. The number of halogens is 1. The summed E-state index contributed by atoms with van der Waals surface area (Å²) in [6, 6.07) is 21.6. The normalized spacial score (nSPS) is 10.3. The summed E-state index contributed by atoms with van der Waals surface area (Å²) in [5.74, 6) is -0.618. The van der Waals surface area contributed by atoms with E-state index in [0.29, 0.717) is 12.1 Å². The Morgan fingerprint density at radius 2 is 1.76 bits per heavy atom. The molecule has 0 aromatic heterocycles. The second-order valence-corrected chi connectivity index (χ2v) is 5.60. The van der Waals surface area contributed by atoms with Gasteiger partial charge in [0.1, 0.15) is 5.82 Å². The van der Waals surface area contributed by atoms with Crippen LogP contribution in [0.15, 0.2) is 72.8 Å². The Morgan fingerprint density at radius 1 is 1.00 bits per heavy atom. The summed E-state index contributed by atoms with van der Waals surface area (Å²) in [7, 11) is 1.38. The van der Waals surface area contributed by atoms with Crippen molar-refractivity contribution in [2.45, 2.75) is 6.54 Å². The van der Waals surface area contributed by atoms with Gasteiger partial charge in [0.2, 0.25) is 0 Å². The van der Waals surface area contributed by atoms with Crippen molar-refractivity contribution < 1.29 is 13.9 Å². The van der Waals surface area contributed by atoms with Crippen LogP contribution in [0, 0.1) is 5.82 Å². The minimum atomic E-state index is -0.354. The number of carbonyl (C=O) groups is 1. The quantitative estimate of drug-likeness (QED) is 0.675. The van der Waals surface area contributed by atoms with Gasteiger partial charge in [-0.1, -0.05) is 48.5 Å². The third-order valence-electron chi connectivity index (χ3n) is 3.92. The van der Waals surface area contributed by atoms with E-state index in [9.17, 15) is 9.18 Å². The van der Waals surface area contributed by atoms with E-state index in [1.807, 2.05) is 48.5 Å². The Hall–Kier alpha value is -3.14. The number of methoxy groups -OCH3 is 1. The summed E-state index contributed by atoms with van der Waals surface area (Å²) in [5, 5.41) is 3.19. The number of carbonyl (C=O) groups excluding carboxylic acids is 1. The number of anilines is 1. The van der Waals surface area contributed by atoms with Crippen molar-refractivity contribution in [2.24, 2.45) is 0 Å². The molecule has 0 saturated heterocycles. The molecule has 0 saturated carbocycles. The molecule has 0 radical (unpaired) electrons. The van der Waals surface area contributed by atoms with Crippen molar-refractivity contribution in [2.75, 3.05) is 12.4 Å². The van der Waals surface area contributed by atoms with Gasteiger partial charge in [0.25, 0.3) is 0 Å². The zero-order chi connectivity index (χ0) is 17.6. The second kappa shape index (κ2) is 7.62. The van der Waals surface area contributed by atoms with Crippen LogP contribution >= 0.6 is 0 Å². The van der Waals surface area contributed by atoms with Crippen LogP contribution in [0.1, 0.15) is 15.9 Å². The summed E-state index contributed by atoms with van der Waals surface area (Å²) >= 11 is 0. The van der Waals surface area contributed by atoms with Gasteiger partial charge in [0.15, 0.2) is 0 Å². The average molecular weight is 335 g/mol. The van der Waals surface area contributed by atoms with Gasteiger partial charge in [0, 0.05) is 12.2 Å².